The van der Waals surface area contributed by atoms with Crippen molar-refractivity contribution in [2.45, 2.75) is 52.3 Å². The first-order valence-corrected chi connectivity index (χ1v) is 7.91. The number of hydrogen-bond donors (Lipinski definition) is 1. The Balaban J connectivity index is 2.88. The molecule has 0 aromatic carbocycles. The number of rotatable bonds is 6. The lowest BCUT2D eigenvalue weighted by Gasteiger charge is -2.19. The van der Waals surface area contributed by atoms with E-state index in [-0.39, 0.29) is 0 Å². The van der Waals surface area contributed by atoms with Crippen LogP contribution in [-0.4, -0.2) is 28.8 Å². The summed E-state index contributed by atoms with van der Waals surface area (Å²) >= 11 is 1.76. The van der Waals surface area contributed by atoms with E-state index in [0.29, 0.717) is 12.0 Å². The van der Waals surface area contributed by atoms with Crippen LogP contribution in [0.5, 0.6) is 0 Å². The maximum atomic E-state index is 4.61. The van der Waals surface area contributed by atoms with Crippen LogP contribution in [0.2, 0.25) is 0 Å². The summed E-state index contributed by atoms with van der Waals surface area (Å²) in [6.07, 6.45) is 2.08. The fourth-order valence-corrected chi connectivity index (χ4v) is 2.60. The van der Waals surface area contributed by atoms with E-state index >= 15 is 0 Å². The van der Waals surface area contributed by atoms with Gasteiger partial charge < -0.3 is 5.32 Å². The Kier molecular flexibility index (Phi) is 6.09. The van der Waals surface area contributed by atoms with Gasteiger partial charge in [-0.2, -0.15) is 11.8 Å². The summed E-state index contributed by atoms with van der Waals surface area (Å²) in [5.74, 6) is 2.29. The minimum Gasteiger partial charge on any atom is -0.314 e. The molecule has 3 nitrogen and oxygen atoms in total. The van der Waals surface area contributed by atoms with Gasteiger partial charge in [-0.05, 0) is 31.6 Å². The van der Waals surface area contributed by atoms with Crippen molar-refractivity contribution < 1.29 is 0 Å². The molecule has 0 amide bonds. The predicted molar refractivity (Wildman–Crippen MR) is 80.3 cm³/mol. The minimum atomic E-state index is 0.454. The molecule has 0 saturated heterocycles. The highest BCUT2D eigenvalue weighted by Crippen LogP contribution is 2.21. The third kappa shape index (κ3) is 4.25. The van der Waals surface area contributed by atoms with Gasteiger partial charge in [-0.15, -0.1) is 0 Å². The number of nitrogens with zero attached hydrogens (tertiary/aromatic N) is 2. The summed E-state index contributed by atoms with van der Waals surface area (Å²) in [6, 6.07) is 0.518. The first-order valence-electron chi connectivity index (χ1n) is 6.52. The largest absolute Gasteiger partial charge is 0.314 e. The van der Waals surface area contributed by atoms with E-state index < -0.39 is 0 Å². The highest BCUT2D eigenvalue weighted by molar-refractivity contribution is 7.97. The number of aryl methyl sites for hydroxylation is 2. The number of thioether (sulfide) groups is 1. The zero-order valence-electron chi connectivity index (χ0n) is 12.4. The molecule has 18 heavy (non-hydrogen) atoms. The number of aromatic nitrogens is 2. The Bertz CT molecular complexity index is 368. The molecule has 1 aromatic rings. The molecule has 1 rings (SSSR count). The molecule has 0 saturated carbocycles. The topological polar surface area (TPSA) is 37.8 Å². The average molecular weight is 267 g/mol. The second-order valence-corrected chi connectivity index (χ2v) is 5.99. The molecule has 1 N–H and O–H groups in total. The molecular formula is C14H25N3S. The summed E-state index contributed by atoms with van der Waals surface area (Å²) in [5.41, 5.74) is 3.56. The fraction of sp³-hybridized carbons (Fsp3) is 0.714. The first kappa shape index (κ1) is 15.4. The van der Waals surface area contributed by atoms with Crippen LogP contribution < -0.4 is 5.32 Å². The molecule has 0 bridgehead atoms. The highest BCUT2D eigenvalue weighted by Gasteiger charge is 2.15. The molecule has 0 fully saturated rings. The van der Waals surface area contributed by atoms with Gasteiger partial charge in [-0.3, -0.25) is 0 Å². The maximum absolute atomic E-state index is 4.61. The third-order valence-electron chi connectivity index (χ3n) is 2.97. The van der Waals surface area contributed by atoms with Gasteiger partial charge in [-0.25, -0.2) is 9.97 Å². The Morgan fingerprint density at radius 2 is 1.67 bits per heavy atom. The maximum Gasteiger partial charge on any atom is 0.138 e. The van der Waals surface area contributed by atoms with Crippen LogP contribution in [0.25, 0.3) is 0 Å². The van der Waals surface area contributed by atoms with Gasteiger partial charge in [0.2, 0.25) is 0 Å². The molecule has 102 valence electrons. The van der Waals surface area contributed by atoms with E-state index in [2.05, 4.69) is 56.2 Å². The third-order valence-corrected chi connectivity index (χ3v) is 3.52. The monoisotopic (exact) mass is 267 g/mol. The van der Waals surface area contributed by atoms with Crippen molar-refractivity contribution in [2.24, 2.45) is 0 Å². The van der Waals surface area contributed by atoms with Gasteiger partial charge in [0.1, 0.15) is 5.82 Å². The minimum absolute atomic E-state index is 0.454. The number of hydrogen-bond acceptors (Lipinski definition) is 4. The first-order chi connectivity index (χ1) is 8.45. The Hall–Kier alpha value is -0.610. The summed E-state index contributed by atoms with van der Waals surface area (Å²) < 4.78 is 0. The van der Waals surface area contributed by atoms with E-state index in [4.69, 9.17) is 0 Å². The molecule has 1 heterocycles. The SMILES string of the molecule is CSCc1nc(C)c(C(C)CNC(C)C)c(C)n1. The average Bonchev–Trinajstić information content (AvgIpc) is 2.25. The van der Waals surface area contributed by atoms with Crippen LogP contribution in [0.3, 0.4) is 0 Å². The second-order valence-electron chi connectivity index (χ2n) is 5.12. The van der Waals surface area contributed by atoms with E-state index in [1.807, 2.05) is 0 Å². The van der Waals surface area contributed by atoms with Crippen LogP contribution >= 0.6 is 11.8 Å². The van der Waals surface area contributed by atoms with Gasteiger partial charge in [0.25, 0.3) is 0 Å². The van der Waals surface area contributed by atoms with E-state index in [9.17, 15) is 0 Å². The Labute approximate surface area is 115 Å². The quantitative estimate of drug-likeness (QED) is 0.859. The molecule has 0 spiro atoms. The van der Waals surface area contributed by atoms with Crippen LogP contribution in [0, 0.1) is 13.8 Å². The summed E-state index contributed by atoms with van der Waals surface area (Å²) in [4.78, 5) is 9.22. The Morgan fingerprint density at radius 3 is 2.11 bits per heavy atom. The molecule has 1 atom stereocenters. The van der Waals surface area contributed by atoms with E-state index in [0.717, 1.165) is 29.5 Å². The lowest BCUT2D eigenvalue weighted by atomic mass is 9.98. The summed E-state index contributed by atoms with van der Waals surface area (Å²) in [6.45, 7) is 11.8. The van der Waals surface area contributed by atoms with Gasteiger partial charge in [0.05, 0.1) is 5.75 Å². The Morgan fingerprint density at radius 1 is 1.11 bits per heavy atom. The van der Waals surface area contributed by atoms with Crippen molar-refractivity contribution >= 4 is 11.8 Å². The molecule has 1 aromatic heterocycles. The van der Waals surface area contributed by atoms with Crippen LogP contribution in [0.4, 0.5) is 0 Å². The molecule has 0 aliphatic heterocycles. The van der Waals surface area contributed by atoms with Crippen molar-refractivity contribution in [3.8, 4) is 0 Å². The standard InChI is InChI=1S/C14H25N3S/c1-9(2)15-7-10(3)14-11(4)16-13(8-18-6)17-12(14)5/h9-10,15H,7-8H2,1-6H3. The van der Waals surface area contributed by atoms with Crippen molar-refractivity contribution in [1.82, 2.24) is 15.3 Å². The summed E-state index contributed by atoms with van der Waals surface area (Å²) in [5, 5.41) is 3.48. The smallest absolute Gasteiger partial charge is 0.138 e. The van der Waals surface area contributed by atoms with Crippen LogP contribution in [0.1, 0.15) is 49.5 Å². The molecule has 0 radical (unpaired) electrons. The van der Waals surface area contributed by atoms with Crippen molar-refractivity contribution in [1.29, 1.82) is 0 Å². The zero-order chi connectivity index (χ0) is 13.7. The second kappa shape index (κ2) is 7.10. The van der Waals surface area contributed by atoms with Gasteiger partial charge in [0.15, 0.2) is 0 Å². The van der Waals surface area contributed by atoms with E-state index in [1.165, 1.54) is 5.56 Å². The highest BCUT2D eigenvalue weighted by atomic mass is 32.2. The van der Waals surface area contributed by atoms with E-state index in [1.54, 1.807) is 11.8 Å². The lowest BCUT2D eigenvalue weighted by molar-refractivity contribution is 0.543. The van der Waals surface area contributed by atoms with Crippen molar-refractivity contribution in [3.63, 3.8) is 0 Å². The molecular weight excluding hydrogens is 242 g/mol. The molecule has 0 aliphatic carbocycles. The number of nitrogens with one attached hydrogen (secondary N) is 1. The van der Waals surface area contributed by atoms with Gasteiger partial charge >= 0.3 is 0 Å². The van der Waals surface area contributed by atoms with Crippen LogP contribution in [-0.2, 0) is 5.75 Å². The molecule has 4 heteroatoms. The van der Waals surface area contributed by atoms with Crippen molar-refractivity contribution in [3.05, 3.63) is 22.8 Å². The van der Waals surface area contributed by atoms with Crippen molar-refractivity contribution in [2.75, 3.05) is 12.8 Å². The summed E-state index contributed by atoms with van der Waals surface area (Å²) in [7, 11) is 0. The molecule has 0 aliphatic rings. The fourth-order valence-electron chi connectivity index (χ4n) is 2.22. The van der Waals surface area contributed by atoms with Crippen LogP contribution in [0.15, 0.2) is 0 Å². The normalized spacial score (nSPS) is 13.1. The van der Waals surface area contributed by atoms with Gasteiger partial charge in [0, 0.05) is 24.0 Å². The predicted octanol–water partition coefficient (Wildman–Crippen LogP) is 3.06. The molecule has 1 unspecified atom stereocenters. The zero-order valence-corrected chi connectivity index (χ0v) is 13.2. The van der Waals surface area contributed by atoms with Gasteiger partial charge in [-0.1, -0.05) is 20.8 Å². The lowest BCUT2D eigenvalue weighted by Crippen LogP contribution is -2.28.